The zero-order chi connectivity index (χ0) is 17.6. The average molecular weight is 351 g/mol. The number of nitrogens with one attached hydrogen (secondary N) is 1. The number of hydrogen-bond donors (Lipinski definition) is 1. The first-order valence-corrected chi connectivity index (χ1v) is 9.41. The molecular formula is C19H21N5S. The van der Waals surface area contributed by atoms with Crippen LogP contribution in [-0.4, -0.2) is 27.5 Å². The number of fused-ring (bicyclic) bond motifs is 2. The summed E-state index contributed by atoms with van der Waals surface area (Å²) in [7, 11) is 0. The quantitative estimate of drug-likeness (QED) is 0.675. The highest BCUT2D eigenvalue weighted by atomic mass is 32.2. The standard InChI is InChI=1S/C19H21N5S/c1-11(2)24-18-16(9-20-24)13(4)21-19(23-18)25-10-15-8-14-7-12(3)5-6-17(14)22-15/h5-7,9,11,20H,4,8,10H2,1-3H3. The largest absolute Gasteiger partial charge is 0.303 e. The maximum absolute atomic E-state index is 4.74. The van der Waals surface area contributed by atoms with Gasteiger partial charge in [0.2, 0.25) is 0 Å². The van der Waals surface area contributed by atoms with Gasteiger partial charge in [-0.05, 0) is 32.4 Å². The first kappa shape index (κ1) is 16.1. The lowest BCUT2D eigenvalue weighted by Gasteiger charge is -2.23. The third-order valence-corrected chi connectivity index (χ3v) is 5.27. The number of benzene rings is 1. The van der Waals surface area contributed by atoms with Crippen LogP contribution in [0.4, 0.5) is 11.5 Å². The average Bonchev–Trinajstić information content (AvgIpc) is 3.16. The van der Waals surface area contributed by atoms with Crippen LogP contribution in [0, 0.1) is 6.92 Å². The van der Waals surface area contributed by atoms with Gasteiger partial charge in [-0.15, -0.1) is 0 Å². The predicted octanol–water partition coefficient (Wildman–Crippen LogP) is 2.09. The van der Waals surface area contributed by atoms with E-state index in [2.05, 4.69) is 56.0 Å². The summed E-state index contributed by atoms with van der Waals surface area (Å²) in [4.78, 5) is 14.0. The number of hydrazine groups is 1. The second-order valence-electron chi connectivity index (χ2n) is 6.70. The van der Waals surface area contributed by atoms with E-state index in [1.54, 1.807) is 11.8 Å². The molecule has 4 rings (SSSR count). The van der Waals surface area contributed by atoms with Crippen LogP contribution in [0.25, 0.3) is 12.8 Å². The molecule has 0 unspecified atom stereocenters. The number of thioether (sulfide) groups is 1. The third kappa shape index (κ3) is 3.02. The summed E-state index contributed by atoms with van der Waals surface area (Å²) in [6.07, 6.45) is 2.84. The van der Waals surface area contributed by atoms with Crippen LogP contribution in [0.2, 0.25) is 0 Å². The van der Waals surface area contributed by atoms with E-state index in [-0.39, 0.29) is 0 Å². The van der Waals surface area contributed by atoms with Crippen molar-refractivity contribution in [1.82, 2.24) is 15.4 Å². The van der Waals surface area contributed by atoms with Crippen LogP contribution in [0.3, 0.4) is 0 Å². The summed E-state index contributed by atoms with van der Waals surface area (Å²) >= 11 is 1.63. The van der Waals surface area contributed by atoms with Gasteiger partial charge in [0.25, 0.3) is 0 Å². The molecule has 2 aliphatic rings. The van der Waals surface area contributed by atoms with Gasteiger partial charge in [0, 0.05) is 30.1 Å². The minimum absolute atomic E-state index is 0.307. The molecule has 0 bridgehead atoms. The van der Waals surface area contributed by atoms with Crippen molar-refractivity contribution in [2.75, 3.05) is 10.8 Å². The Morgan fingerprint density at radius 3 is 2.96 bits per heavy atom. The van der Waals surface area contributed by atoms with Crippen LogP contribution in [-0.2, 0) is 6.42 Å². The highest BCUT2D eigenvalue weighted by Gasteiger charge is 2.20. The van der Waals surface area contributed by atoms with Crippen LogP contribution in [0.1, 0.15) is 25.0 Å². The van der Waals surface area contributed by atoms with Crippen LogP contribution in [0.5, 0.6) is 0 Å². The normalized spacial score (nSPS) is 14.9. The van der Waals surface area contributed by atoms with Gasteiger partial charge >= 0.3 is 0 Å². The van der Waals surface area contributed by atoms with Crippen molar-refractivity contribution in [3.05, 3.63) is 39.9 Å². The van der Waals surface area contributed by atoms with E-state index in [9.17, 15) is 0 Å². The van der Waals surface area contributed by atoms with Crippen molar-refractivity contribution in [3.8, 4) is 0 Å². The first-order valence-electron chi connectivity index (χ1n) is 8.42. The molecule has 3 heterocycles. The fourth-order valence-electron chi connectivity index (χ4n) is 3.09. The molecule has 6 heteroatoms. The number of hydrogen-bond acceptors (Lipinski definition) is 6. The Morgan fingerprint density at radius 2 is 2.16 bits per heavy atom. The lowest BCUT2D eigenvalue weighted by atomic mass is 10.1. The molecule has 2 aromatic rings. The SMILES string of the molecule is C=c1nc(SCC2=Nc3ccc(C)cc3C2)nc2c1=CNN2C(C)C. The summed E-state index contributed by atoms with van der Waals surface area (Å²) in [6, 6.07) is 6.74. The Morgan fingerprint density at radius 1 is 1.32 bits per heavy atom. The number of aromatic nitrogens is 2. The summed E-state index contributed by atoms with van der Waals surface area (Å²) in [5.74, 6) is 1.70. The van der Waals surface area contributed by atoms with Crippen molar-refractivity contribution in [2.24, 2.45) is 4.99 Å². The minimum atomic E-state index is 0.307. The van der Waals surface area contributed by atoms with Crippen LogP contribution in [0.15, 0.2) is 28.3 Å². The molecule has 1 aromatic heterocycles. The Hall–Kier alpha value is -2.34. The Kier molecular flexibility index (Phi) is 4.00. The number of aliphatic imine (C=N–C) groups is 1. The smallest absolute Gasteiger partial charge is 0.190 e. The molecule has 25 heavy (non-hydrogen) atoms. The molecule has 5 nitrogen and oxygen atoms in total. The van der Waals surface area contributed by atoms with E-state index in [4.69, 9.17) is 9.98 Å². The molecule has 0 aliphatic carbocycles. The van der Waals surface area contributed by atoms with Crippen LogP contribution < -0.4 is 21.0 Å². The molecule has 1 aromatic carbocycles. The van der Waals surface area contributed by atoms with Gasteiger partial charge in [-0.25, -0.2) is 9.97 Å². The summed E-state index contributed by atoms with van der Waals surface area (Å²) < 4.78 is 0. The first-order chi connectivity index (χ1) is 12.0. The lowest BCUT2D eigenvalue weighted by molar-refractivity contribution is 0.649. The topological polar surface area (TPSA) is 53.4 Å². The highest BCUT2D eigenvalue weighted by molar-refractivity contribution is 7.99. The van der Waals surface area contributed by atoms with Gasteiger partial charge < -0.3 is 5.43 Å². The fraction of sp³-hybridized carbons (Fsp3) is 0.316. The molecule has 0 saturated carbocycles. The summed E-state index contributed by atoms with van der Waals surface area (Å²) in [6.45, 7) is 10.4. The Labute approximate surface area is 151 Å². The molecular weight excluding hydrogens is 330 g/mol. The van der Waals surface area contributed by atoms with Crippen LogP contribution >= 0.6 is 11.8 Å². The van der Waals surface area contributed by atoms with E-state index in [1.165, 1.54) is 16.8 Å². The molecule has 2 aliphatic heterocycles. The highest BCUT2D eigenvalue weighted by Crippen LogP contribution is 2.29. The van der Waals surface area contributed by atoms with E-state index in [1.807, 2.05) is 11.2 Å². The van der Waals surface area contributed by atoms with E-state index >= 15 is 0 Å². The second-order valence-corrected chi connectivity index (χ2v) is 7.65. The summed E-state index contributed by atoms with van der Waals surface area (Å²) in [5, 5.41) is 4.53. The Balaban J connectivity index is 1.52. The molecule has 1 N–H and O–H groups in total. The number of aryl methyl sites for hydroxylation is 1. The number of anilines is 1. The zero-order valence-corrected chi connectivity index (χ0v) is 15.5. The maximum atomic E-state index is 4.74. The van der Waals surface area contributed by atoms with E-state index in [0.29, 0.717) is 6.04 Å². The molecule has 0 saturated heterocycles. The van der Waals surface area contributed by atoms with Gasteiger partial charge in [-0.2, -0.15) is 0 Å². The molecule has 128 valence electrons. The minimum Gasteiger partial charge on any atom is -0.303 e. The Bertz CT molecular complexity index is 980. The molecule has 0 amide bonds. The van der Waals surface area contributed by atoms with E-state index in [0.717, 1.165) is 39.4 Å². The fourth-order valence-corrected chi connectivity index (χ4v) is 3.88. The van der Waals surface area contributed by atoms with Crippen molar-refractivity contribution in [1.29, 1.82) is 0 Å². The van der Waals surface area contributed by atoms with Crippen molar-refractivity contribution in [3.63, 3.8) is 0 Å². The third-order valence-electron chi connectivity index (χ3n) is 4.35. The van der Waals surface area contributed by atoms with Crippen molar-refractivity contribution >= 4 is 41.8 Å². The predicted molar refractivity (Wildman–Crippen MR) is 105 cm³/mol. The molecule has 0 fully saturated rings. The molecule has 0 atom stereocenters. The van der Waals surface area contributed by atoms with Gasteiger partial charge in [0.15, 0.2) is 11.0 Å². The lowest BCUT2D eigenvalue weighted by Crippen LogP contribution is -2.39. The van der Waals surface area contributed by atoms with Crippen molar-refractivity contribution < 1.29 is 0 Å². The molecule has 0 radical (unpaired) electrons. The van der Waals surface area contributed by atoms with Gasteiger partial charge in [-0.3, -0.25) is 10.0 Å². The van der Waals surface area contributed by atoms with Gasteiger partial charge in [-0.1, -0.05) is 36.0 Å². The number of nitrogens with zero attached hydrogens (tertiary/aromatic N) is 4. The molecule has 0 spiro atoms. The maximum Gasteiger partial charge on any atom is 0.190 e. The second kappa shape index (κ2) is 6.19. The number of rotatable bonds is 4. The van der Waals surface area contributed by atoms with Gasteiger partial charge in [0.05, 0.1) is 16.3 Å². The van der Waals surface area contributed by atoms with Crippen molar-refractivity contribution in [2.45, 2.75) is 38.4 Å². The summed E-state index contributed by atoms with van der Waals surface area (Å²) in [5.41, 5.74) is 8.10. The zero-order valence-electron chi connectivity index (χ0n) is 14.7. The monoisotopic (exact) mass is 351 g/mol. The van der Waals surface area contributed by atoms with Gasteiger partial charge in [0.1, 0.15) is 0 Å². The van der Waals surface area contributed by atoms with E-state index < -0.39 is 0 Å².